The van der Waals surface area contributed by atoms with Gasteiger partial charge < -0.3 is 30.3 Å². The predicted molar refractivity (Wildman–Crippen MR) is 161 cm³/mol. The summed E-state index contributed by atoms with van der Waals surface area (Å²) in [5.74, 6) is -0.313. The van der Waals surface area contributed by atoms with E-state index >= 15 is 4.39 Å². The number of amides is 4. The molecule has 4 aliphatic rings. The fraction of sp³-hybridized carbons (Fsp3) is 0.452. The summed E-state index contributed by atoms with van der Waals surface area (Å²) in [6.45, 7) is 3.78. The Morgan fingerprint density at radius 3 is 2.77 bits per heavy atom. The van der Waals surface area contributed by atoms with E-state index in [2.05, 4.69) is 16.0 Å². The van der Waals surface area contributed by atoms with Crippen LogP contribution in [-0.2, 0) is 14.3 Å². The molecular weight excluding hydrogens is 573 g/mol. The molecule has 0 bridgehead atoms. The number of rotatable bonds is 8. The predicted octanol–water partition coefficient (Wildman–Crippen LogP) is 3.86. The zero-order valence-corrected chi connectivity index (χ0v) is 25.0. The number of urea groups is 1. The van der Waals surface area contributed by atoms with E-state index < -0.39 is 11.8 Å². The normalized spacial score (nSPS) is 24.9. The van der Waals surface area contributed by atoms with Gasteiger partial charge in [0, 0.05) is 43.4 Å². The number of ether oxygens (including phenoxy) is 2. The third-order valence-electron chi connectivity index (χ3n) is 8.53. The van der Waals surface area contributed by atoms with Gasteiger partial charge in [-0.3, -0.25) is 14.5 Å². The van der Waals surface area contributed by atoms with E-state index in [0.717, 1.165) is 12.8 Å². The molecule has 10 nitrogen and oxygen atoms in total. The number of halogens is 1. The van der Waals surface area contributed by atoms with Crippen LogP contribution in [0, 0.1) is 18.7 Å². The van der Waals surface area contributed by atoms with Gasteiger partial charge in [0.15, 0.2) is 11.6 Å². The molecule has 0 radical (unpaired) electrons. The van der Waals surface area contributed by atoms with E-state index in [9.17, 15) is 14.4 Å². The molecule has 2 aromatic carbocycles. The number of nitrogens with zero attached hydrogens (tertiary/aromatic N) is 2. The van der Waals surface area contributed by atoms with Gasteiger partial charge in [-0.2, -0.15) is 0 Å². The van der Waals surface area contributed by atoms with Crippen molar-refractivity contribution >= 4 is 35.3 Å². The molecule has 3 saturated heterocycles. The Morgan fingerprint density at radius 1 is 1.16 bits per heavy atom. The highest BCUT2D eigenvalue weighted by Gasteiger charge is 2.52. The van der Waals surface area contributed by atoms with E-state index in [0.29, 0.717) is 66.7 Å². The molecule has 228 valence electrons. The summed E-state index contributed by atoms with van der Waals surface area (Å²) < 4.78 is 26.4. The molecule has 4 heterocycles. The molecule has 4 amide bonds. The van der Waals surface area contributed by atoms with Crippen molar-refractivity contribution in [3.63, 3.8) is 0 Å². The van der Waals surface area contributed by atoms with Crippen LogP contribution in [0.3, 0.4) is 0 Å². The number of nitrogens with one attached hydrogen (secondary N) is 3. The summed E-state index contributed by atoms with van der Waals surface area (Å²) in [6, 6.07) is 11.4. The lowest BCUT2D eigenvalue weighted by Gasteiger charge is -2.46. The number of hydrogen-bond donors (Lipinski definition) is 3. The van der Waals surface area contributed by atoms with Crippen molar-refractivity contribution in [1.29, 1.82) is 0 Å². The first-order chi connectivity index (χ1) is 20.9. The molecule has 0 aliphatic carbocycles. The Hall–Kier alpha value is -3.61. The van der Waals surface area contributed by atoms with E-state index in [-0.39, 0.29) is 40.9 Å². The van der Waals surface area contributed by atoms with Crippen molar-refractivity contribution in [3.05, 3.63) is 64.4 Å². The second-order valence-electron chi connectivity index (χ2n) is 11.2. The Balaban J connectivity index is 1.20. The molecule has 0 saturated carbocycles. The van der Waals surface area contributed by atoms with Crippen LogP contribution < -0.4 is 25.6 Å². The zero-order valence-electron chi connectivity index (χ0n) is 24.2. The Labute approximate surface area is 254 Å². The molecule has 0 aromatic heterocycles. The molecule has 2 aromatic rings. The van der Waals surface area contributed by atoms with Crippen LogP contribution in [0.5, 0.6) is 11.5 Å². The monoisotopic (exact) mass is 609 g/mol. The van der Waals surface area contributed by atoms with E-state index in [1.54, 1.807) is 48.1 Å². The van der Waals surface area contributed by atoms with Gasteiger partial charge in [-0.25, -0.2) is 9.18 Å². The standard InChI is InChI=1S/C31H36FN5O5S/c1-18-21(10-11-23(26(18)32)42-20-8-4-3-5-9-20)37-22-12-14-33-30-25(22)27(35-31(37)40)28(43-30)29(39)34-19-7-6-15-36(17-19)24(38)13-16-41-2/h3-5,8-11,19,22,25,30,33H,6-7,12-17H2,1-2H3,(H,34,39)(H,35,40)/t19-,22?,25?,30?/m1/s1. The van der Waals surface area contributed by atoms with Crippen molar-refractivity contribution < 1.29 is 28.2 Å². The quantitative estimate of drug-likeness (QED) is 0.417. The largest absolute Gasteiger partial charge is 0.454 e. The Morgan fingerprint density at radius 2 is 1.98 bits per heavy atom. The summed E-state index contributed by atoms with van der Waals surface area (Å²) in [4.78, 5) is 43.7. The number of methoxy groups -OCH3 is 1. The number of carbonyl (C=O) groups is 3. The lowest BCUT2D eigenvalue weighted by Crippen LogP contribution is -2.62. The van der Waals surface area contributed by atoms with Crippen molar-refractivity contribution in [3.8, 4) is 11.5 Å². The summed E-state index contributed by atoms with van der Waals surface area (Å²) in [5, 5.41) is 9.49. The third-order valence-corrected chi connectivity index (χ3v) is 9.88. The van der Waals surface area contributed by atoms with Gasteiger partial charge in [-0.1, -0.05) is 30.0 Å². The molecule has 3 N–H and O–H groups in total. The van der Waals surface area contributed by atoms with Gasteiger partial charge in [-0.15, -0.1) is 0 Å². The van der Waals surface area contributed by atoms with E-state index in [1.807, 2.05) is 18.2 Å². The summed E-state index contributed by atoms with van der Waals surface area (Å²) in [7, 11) is 1.57. The maximum absolute atomic E-state index is 15.6. The van der Waals surface area contributed by atoms with E-state index in [4.69, 9.17) is 9.47 Å². The second-order valence-corrected chi connectivity index (χ2v) is 12.4. The molecule has 4 aliphatic heterocycles. The first kappa shape index (κ1) is 29.5. The smallest absolute Gasteiger partial charge is 0.326 e. The van der Waals surface area contributed by atoms with Gasteiger partial charge in [0.05, 0.1) is 35.0 Å². The molecule has 3 fully saturated rings. The van der Waals surface area contributed by atoms with Crippen LogP contribution in [0.15, 0.2) is 53.1 Å². The topological polar surface area (TPSA) is 112 Å². The third kappa shape index (κ3) is 5.83. The van der Waals surface area contributed by atoms with Crippen LogP contribution in [0.4, 0.5) is 14.9 Å². The number of hydrogen-bond acceptors (Lipinski definition) is 7. The second kappa shape index (κ2) is 12.6. The molecule has 0 spiro atoms. The van der Waals surface area contributed by atoms with Crippen LogP contribution in [0.1, 0.15) is 31.2 Å². The molecular formula is C31H36FN5O5S. The number of anilines is 1. The lowest BCUT2D eigenvalue weighted by atomic mass is 9.86. The molecule has 12 heteroatoms. The summed E-state index contributed by atoms with van der Waals surface area (Å²) >= 11 is 1.42. The Bertz CT molecular complexity index is 1440. The SMILES string of the molecule is COCCC(=O)N1CCC[C@@H](NC(=O)C2=C3NC(=O)N(c4ccc(Oc5ccccc5)c(F)c4C)C4CCNC(S2)C34)C1. The molecule has 43 heavy (non-hydrogen) atoms. The lowest BCUT2D eigenvalue weighted by molar-refractivity contribution is -0.134. The van der Waals surface area contributed by atoms with Crippen LogP contribution >= 0.6 is 11.8 Å². The highest BCUT2D eigenvalue weighted by atomic mass is 32.2. The van der Waals surface area contributed by atoms with Crippen molar-refractivity contribution in [2.24, 2.45) is 5.92 Å². The average Bonchev–Trinajstić information content (AvgIpc) is 3.39. The average molecular weight is 610 g/mol. The highest BCUT2D eigenvalue weighted by Crippen LogP contribution is 2.48. The van der Waals surface area contributed by atoms with Gasteiger partial charge >= 0.3 is 6.03 Å². The van der Waals surface area contributed by atoms with Gasteiger partial charge in [0.1, 0.15) is 5.75 Å². The van der Waals surface area contributed by atoms with Crippen molar-refractivity contribution in [1.82, 2.24) is 20.9 Å². The molecule has 4 atom stereocenters. The minimum absolute atomic E-state index is 0.0159. The fourth-order valence-electron chi connectivity index (χ4n) is 6.43. The highest BCUT2D eigenvalue weighted by molar-refractivity contribution is 8.04. The van der Waals surface area contributed by atoms with Crippen molar-refractivity contribution in [2.45, 2.75) is 50.1 Å². The van der Waals surface area contributed by atoms with Gasteiger partial charge in [-0.05, 0) is 57.0 Å². The first-order valence-corrected chi connectivity index (χ1v) is 15.6. The number of thioether (sulfide) groups is 1. The molecule has 3 unspecified atom stereocenters. The number of piperidine rings is 2. The molecule has 6 rings (SSSR count). The summed E-state index contributed by atoms with van der Waals surface area (Å²) in [6.07, 6.45) is 2.54. The fourth-order valence-corrected chi connectivity index (χ4v) is 7.83. The van der Waals surface area contributed by atoms with E-state index in [1.165, 1.54) is 11.8 Å². The van der Waals surface area contributed by atoms with Crippen LogP contribution in [0.2, 0.25) is 0 Å². The van der Waals surface area contributed by atoms with Crippen LogP contribution in [-0.4, -0.2) is 73.6 Å². The van der Waals surface area contributed by atoms with Gasteiger partial charge in [0.2, 0.25) is 5.91 Å². The Kier molecular flexibility index (Phi) is 8.60. The zero-order chi connectivity index (χ0) is 30.1. The number of benzene rings is 2. The van der Waals surface area contributed by atoms with Crippen molar-refractivity contribution in [2.75, 3.05) is 38.3 Å². The number of para-hydroxylation sites is 1. The first-order valence-electron chi connectivity index (χ1n) is 14.7. The summed E-state index contributed by atoms with van der Waals surface area (Å²) in [5.41, 5.74) is 1.40. The minimum atomic E-state index is -0.524. The van der Waals surface area contributed by atoms with Gasteiger partial charge in [0.25, 0.3) is 5.91 Å². The maximum Gasteiger partial charge on any atom is 0.326 e. The number of likely N-dealkylation sites (tertiary alicyclic amines) is 1. The maximum atomic E-state index is 15.6. The number of carbonyl (C=O) groups excluding carboxylic acids is 3. The van der Waals surface area contributed by atoms with Crippen LogP contribution in [0.25, 0.3) is 0 Å². The minimum Gasteiger partial charge on any atom is -0.454 e.